The zero-order valence-corrected chi connectivity index (χ0v) is 13.2. The Labute approximate surface area is 122 Å². The lowest BCUT2D eigenvalue weighted by Gasteiger charge is -2.15. The zero-order chi connectivity index (χ0) is 14.5. The summed E-state index contributed by atoms with van der Waals surface area (Å²) in [5.74, 6) is 0.869. The van der Waals surface area contributed by atoms with Crippen LogP contribution in [0.1, 0.15) is 37.6 Å². The quantitative estimate of drug-likeness (QED) is 0.735. The van der Waals surface area contributed by atoms with Crippen molar-refractivity contribution in [1.29, 1.82) is 0 Å². The van der Waals surface area contributed by atoms with E-state index in [1.807, 2.05) is 0 Å². The van der Waals surface area contributed by atoms with Crippen molar-refractivity contribution < 1.29 is 0 Å². The number of nitrogens with zero attached hydrogens (tertiary/aromatic N) is 3. The molecule has 0 amide bonds. The first kappa shape index (κ1) is 13.2. The molecular weight excluding hydrogens is 268 g/mol. The molecule has 0 radical (unpaired) electrons. The smallest absolute Gasteiger partial charge is 0.152 e. The van der Waals surface area contributed by atoms with E-state index in [9.17, 15) is 0 Å². The van der Waals surface area contributed by atoms with Gasteiger partial charge in [-0.15, -0.1) is 5.10 Å². The van der Waals surface area contributed by atoms with Crippen LogP contribution < -0.4 is 0 Å². The minimum atomic E-state index is -0.0354. The van der Waals surface area contributed by atoms with Crippen LogP contribution in [0.3, 0.4) is 0 Å². The molecule has 0 spiro atoms. The molecule has 1 N–H and O–H groups in total. The summed E-state index contributed by atoms with van der Waals surface area (Å²) >= 11 is 1.40. The highest BCUT2D eigenvalue weighted by Gasteiger charge is 2.25. The molecule has 2 aromatic heterocycles. The number of aromatic amines is 1. The molecule has 5 heteroatoms. The molecule has 0 aliphatic heterocycles. The van der Waals surface area contributed by atoms with Crippen LogP contribution in [0.25, 0.3) is 21.7 Å². The third kappa shape index (κ3) is 2.12. The van der Waals surface area contributed by atoms with E-state index < -0.39 is 0 Å². The van der Waals surface area contributed by atoms with Crippen molar-refractivity contribution in [3.05, 3.63) is 29.0 Å². The van der Waals surface area contributed by atoms with Gasteiger partial charge < -0.3 is 4.98 Å². The Morgan fingerprint density at radius 2 is 1.90 bits per heavy atom. The van der Waals surface area contributed by atoms with Crippen molar-refractivity contribution in [3.8, 4) is 10.7 Å². The highest BCUT2D eigenvalue weighted by Crippen LogP contribution is 2.33. The van der Waals surface area contributed by atoms with E-state index in [-0.39, 0.29) is 5.41 Å². The van der Waals surface area contributed by atoms with Crippen LogP contribution in [0, 0.1) is 13.8 Å². The van der Waals surface area contributed by atoms with E-state index in [4.69, 9.17) is 4.98 Å². The van der Waals surface area contributed by atoms with E-state index >= 15 is 0 Å². The Morgan fingerprint density at radius 3 is 2.60 bits per heavy atom. The maximum Gasteiger partial charge on any atom is 0.152 e. The monoisotopic (exact) mass is 286 g/mol. The third-order valence-corrected chi connectivity index (χ3v) is 4.07. The SMILES string of the molecule is Cc1cc(C)c2nc(-c3snnc3C(C)(C)C)[nH]c2c1. The molecule has 0 saturated heterocycles. The van der Waals surface area contributed by atoms with Gasteiger partial charge in [-0.1, -0.05) is 31.3 Å². The largest absolute Gasteiger partial charge is 0.337 e. The number of fused-ring (bicyclic) bond motifs is 1. The number of nitrogens with one attached hydrogen (secondary N) is 1. The minimum Gasteiger partial charge on any atom is -0.337 e. The van der Waals surface area contributed by atoms with Crippen LogP contribution in [-0.4, -0.2) is 19.6 Å². The van der Waals surface area contributed by atoms with Crippen molar-refractivity contribution in [3.63, 3.8) is 0 Å². The van der Waals surface area contributed by atoms with Gasteiger partial charge in [0.2, 0.25) is 0 Å². The molecule has 20 heavy (non-hydrogen) atoms. The standard InChI is InChI=1S/C15H18N4S/c1-8-6-9(2)11-10(7-8)16-14(17-11)12-13(15(3,4)5)18-19-20-12/h6-7H,1-5H3,(H,16,17). The van der Waals surface area contributed by atoms with Gasteiger partial charge in [-0.2, -0.15) is 0 Å². The first-order valence-corrected chi connectivity index (χ1v) is 7.44. The van der Waals surface area contributed by atoms with Gasteiger partial charge in [-0.05, 0) is 42.6 Å². The number of benzene rings is 1. The molecular formula is C15H18N4S. The zero-order valence-electron chi connectivity index (χ0n) is 12.4. The first-order chi connectivity index (χ1) is 9.36. The predicted molar refractivity (Wildman–Crippen MR) is 83.2 cm³/mol. The molecule has 1 aromatic carbocycles. The second-order valence-electron chi connectivity index (χ2n) is 6.26. The molecule has 0 unspecified atom stereocenters. The Balaban J connectivity index is 2.21. The summed E-state index contributed by atoms with van der Waals surface area (Å²) in [4.78, 5) is 9.19. The molecule has 104 valence electrons. The first-order valence-electron chi connectivity index (χ1n) is 6.66. The van der Waals surface area contributed by atoms with Gasteiger partial charge in [-0.25, -0.2) is 4.98 Å². The van der Waals surface area contributed by atoms with Crippen LogP contribution in [0.4, 0.5) is 0 Å². The van der Waals surface area contributed by atoms with Crippen molar-refractivity contribution in [1.82, 2.24) is 19.6 Å². The number of imidazole rings is 1. The van der Waals surface area contributed by atoms with Gasteiger partial charge >= 0.3 is 0 Å². The molecule has 0 aliphatic carbocycles. The highest BCUT2D eigenvalue weighted by molar-refractivity contribution is 7.09. The predicted octanol–water partition coefficient (Wildman–Crippen LogP) is 4.00. The molecule has 3 rings (SSSR count). The fourth-order valence-electron chi connectivity index (χ4n) is 2.42. The van der Waals surface area contributed by atoms with E-state index in [2.05, 4.69) is 61.3 Å². The van der Waals surface area contributed by atoms with Crippen molar-refractivity contribution >= 4 is 22.6 Å². The van der Waals surface area contributed by atoms with Crippen LogP contribution in [-0.2, 0) is 5.41 Å². The minimum absolute atomic E-state index is 0.0354. The maximum absolute atomic E-state index is 4.74. The lowest BCUT2D eigenvalue weighted by atomic mass is 9.91. The van der Waals surface area contributed by atoms with Gasteiger partial charge in [0.15, 0.2) is 5.82 Å². The second-order valence-corrected chi connectivity index (χ2v) is 7.02. The number of aryl methyl sites for hydroxylation is 2. The molecule has 0 fully saturated rings. The fraction of sp³-hybridized carbons (Fsp3) is 0.400. The second kappa shape index (κ2) is 4.38. The summed E-state index contributed by atoms with van der Waals surface area (Å²) in [7, 11) is 0. The summed E-state index contributed by atoms with van der Waals surface area (Å²) < 4.78 is 4.11. The van der Waals surface area contributed by atoms with Gasteiger partial charge in [-0.3, -0.25) is 0 Å². The average Bonchev–Trinajstić information content (AvgIpc) is 2.91. The maximum atomic E-state index is 4.74. The van der Waals surface area contributed by atoms with E-state index in [0.29, 0.717) is 0 Å². The lowest BCUT2D eigenvalue weighted by molar-refractivity contribution is 0.568. The van der Waals surface area contributed by atoms with Gasteiger partial charge in [0.25, 0.3) is 0 Å². The van der Waals surface area contributed by atoms with Crippen LogP contribution in [0.5, 0.6) is 0 Å². The molecule has 0 aliphatic rings. The summed E-state index contributed by atoms with van der Waals surface area (Å²) in [5, 5.41) is 4.28. The van der Waals surface area contributed by atoms with Gasteiger partial charge in [0, 0.05) is 5.41 Å². The molecule has 0 bridgehead atoms. The van der Waals surface area contributed by atoms with E-state index in [0.717, 1.165) is 27.4 Å². The fourth-order valence-corrected chi connectivity index (χ4v) is 3.24. The summed E-state index contributed by atoms with van der Waals surface area (Å²) in [6.45, 7) is 10.6. The summed E-state index contributed by atoms with van der Waals surface area (Å²) in [6.07, 6.45) is 0. The van der Waals surface area contributed by atoms with Crippen molar-refractivity contribution in [2.75, 3.05) is 0 Å². The van der Waals surface area contributed by atoms with Crippen LogP contribution >= 0.6 is 11.5 Å². The molecule has 3 aromatic rings. The number of aromatic nitrogens is 4. The molecule has 2 heterocycles. The lowest BCUT2D eigenvalue weighted by Crippen LogP contribution is -2.13. The Morgan fingerprint density at radius 1 is 1.15 bits per heavy atom. The van der Waals surface area contributed by atoms with Crippen LogP contribution in [0.15, 0.2) is 12.1 Å². The Hall–Kier alpha value is -1.75. The van der Waals surface area contributed by atoms with Gasteiger partial charge in [0.05, 0.1) is 16.7 Å². The summed E-state index contributed by atoms with van der Waals surface area (Å²) in [6, 6.07) is 4.28. The topological polar surface area (TPSA) is 54.5 Å². The number of hydrogen-bond donors (Lipinski definition) is 1. The number of rotatable bonds is 1. The summed E-state index contributed by atoms with van der Waals surface area (Å²) in [5.41, 5.74) is 5.49. The number of H-pyrrole nitrogens is 1. The molecule has 4 nitrogen and oxygen atoms in total. The third-order valence-electron chi connectivity index (χ3n) is 3.34. The average molecular weight is 286 g/mol. The molecule has 0 atom stereocenters. The van der Waals surface area contributed by atoms with Crippen LogP contribution in [0.2, 0.25) is 0 Å². The highest BCUT2D eigenvalue weighted by atomic mass is 32.1. The number of hydrogen-bond acceptors (Lipinski definition) is 4. The Kier molecular flexibility index (Phi) is 2.90. The normalized spacial score (nSPS) is 12.2. The van der Waals surface area contributed by atoms with E-state index in [1.54, 1.807) is 0 Å². The van der Waals surface area contributed by atoms with E-state index in [1.165, 1.54) is 22.7 Å². The van der Waals surface area contributed by atoms with Crippen molar-refractivity contribution in [2.45, 2.75) is 40.0 Å². The van der Waals surface area contributed by atoms with Gasteiger partial charge in [0.1, 0.15) is 4.88 Å². The molecule has 0 saturated carbocycles. The Bertz CT molecular complexity index is 777. The van der Waals surface area contributed by atoms with Crippen molar-refractivity contribution in [2.24, 2.45) is 0 Å².